The van der Waals surface area contributed by atoms with E-state index in [0.717, 1.165) is 22.6 Å². The van der Waals surface area contributed by atoms with E-state index in [0.29, 0.717) is 19.8 Å². The molecule has 2 aromatic rings. The molecule has 4 heteroatoms. The SMILES string of the molecule is CCOc1ccccc1/C=C/C(=O)NCCOc1cccc(C)c1. The topological polar surface area (TPSA) is 47.6 Å². The first-order chi connectivity index (χ1) is 11.7. The van der Waals surface area contributed by atoms with Crippen molar-refractivity contribution in [3.63, 3.8) is 0 Å². The average molecular weight is 325 g/mol. The Labute approximate surface area is 143 Å². The van der Waals surface area contributed by atoms with E-state index in [4.69, 9.17) is 9.47 Å². The standard InChI is InChI=1S/C20H23NO3/c1-3-23-19-10-5-4-8-17(19)11-12-20(22)21-13-14-24-18-9-6-7-16(2)15-18/h4-12,15H,3,13-14H2,1-2H3,(H,21,22)/b12-11+. The maximum absolute atomic E-state index is 11.9. The van der Waals surface area contributed by atoms with Gasteiger partial charge in [0.05, 0.1) is 13.2 Å². The molecule has 126 valence electrons. The second-order valence-electron chi connectivity index (χ2n) is 5.26. The maximum atomic E-state index is 11.9. The molecule has 0 radical (unpaired) electrons. The van der Waals surface area contributed by atoms with Gasteiger partial charge >= 0.3 is 0 Å². The molecule has 0 saturated heterocycles. The molecule has 1 N–H and O–H groups in total. The summed E-state index contributed by atoms with van der Waals surface area (Å²) < 4.78 is 11.1. The van der Waals surface area contributed by atoms with E-state index in [1.807, 2.05) is 62.4 Å². The Hall–Kier alpha value is -2.75. The van der Waals surface area contributed by atoms with Crippen LogP contribution in [0.1, 0.15) is 18.1 Å². The summed E-state index contributed by atoms with van der Waals surface area (Å²) in [6, 6.07) is 15.4. The van der Waals surface area contributed by atoms with Crippen molar-refractivity contribution >= 4 is 12.0 Å². The van der Waals surface area contributed by atoms with Crippen LogP contribution in [0.2, 0.25) is 0 Å². The van der Waals surface area contributed by atoms with E-state index in [1.165, 1.54) is 6.08 Å². The lowest BCUT2D eigenvalue weighted by Gasteiger charge is -2.07. The van der Waals surface area contributed by atoms with Gasteiger partial charge in [-0.3, -0.25) is 4.79 Å². The molecule has 4 nitrogen and oxygen atoms in total. The zero-order chi connectivity index (χ0) is 17.2. The first-order valence-corrected chi connectivity index (χ1v) is 8.06. The lowest BCUT2D eigenvalue weighted by molar-refractivity contribution is -0.116. The minimum atomic E-state index is -0.158. The van der Waals surface area contributed by atoms with E-state index in [1.54, 1.807) is 6.08 Å². The highest BCUT2D eigenvalue weighted by Crippen LogP contribution is 2.19. The van der Waals surface area contributed by atoms with Crippen LogP contribution in [-0.2, 0) is 4.79 Å². The molecule has 0 aliphatic rings. The van der Waals surface area contributed by atoms with E-state index in [-0.39, 0.29) is 5.91 Å². The number of amides is 1. The fourth-order valence-corrected chi connectivity index (χ4v) is 2.18. The summed E-state index contributed by atoms with van der Waals surface area (Å²) in [6.45, 7) is 5.41. The summed E-state index contributed by atoms with van der Waals surface area (Å²) in [5.41, 5.74) is 2.03. The molecule has 0 spiro atoms. The Kier molecular flexibility index (Phi) is 6.90. The molecular formula is C20H23NO3. The van der Waals surface area contributed by atoms with E-state index < -0.39 is 0 Å². The number of para-hydroxylation sites is 1. The second-order valence-corrected chi connectivity index (χ2v) is 5.26. The van der Waals surface area contributed by atoms with Crippen LogP contribution in [0, 0.1) is 6.92 Å². The number of carbonyl (C=O) groups is 1. The minimum absolute atomic E-state index is 0.158. The van der Waals surface area contributed by atoms with Crippen molar-refractivity contribution in [2.24, 2.45) is 0 Å². The van der Waals surface area contributed by atoms with Gasteiger partial charge in [0.2, 0.25) is 5.91 Å². The summed E-state index contributed by atoms with van der Waals surface area (Å²) in [6.07, 6.45) is 3.26. The molecule has 2 aromatic carbocycles. The molecule has 24 heavy (non-hydrogen) atoms. The van der Waals surface area contributed by atoms with Gasteiger partial charge in [0.1, 0.15) is 18.1 Å². The third kappa shape index (κ3) is 5.80. The molecule has 0 unspecified atom stereocenters. The minimum Gasteiger partial charge on any atom is -0.493 e. The Morgan fingerprint density at radius 3 is 2.75 bits per heavy atom. The highest BCUT2D eigenvalue weighted by molar-refractivity contribution is 5.92. The molecule has 2 rings (SSSR count). The zero-order valence-corrected chi connectivity index (χ0v) is 14.1. The normalized spacial score (nSPS) is 10.6. The maximum Gasteiger partial charge on any atom is 0.244 e. The van der Waals surface area contributed by atoms with Crippen LogP contribution in [0.3, 0.4) is 0 Å². The van der Waals surface area contributed by atoms with E-state index in [2.05, 4.69) is 5.32 Å². The molecular weight excluding hydrogens is 302 g/mol. The first-order valence-electron chi connectivity index (χ1n) is 8.06. The van der Waals surface area contributed by atoms with Gasteiger partial charge in [-0.25, -0.2) is 0 Å². The molecule has 0 fully saturated rings. The fourth-order valence-electron chi connectivity index (χ4n) is 2.18. The third-order valence-corrected chi connectivity index (χ3v) is 3.29. The molecule has 0 aromatic heterocycles. The van der Waals surface area contributed by atoms with E-state index >= 15 is 0 Å². The number of ether oxygens (including phenoxy) is 2. The highest BCUT2D eigenvalue weighted by Gasteiger charge is 2.00. The van der Waals surface area contributed by atoms with Gasteiger partial charge in [-0.2, -0.15) is 0 Å². The lowest BCUT2D eigenvalue weighted by atomic mass is 10.2. The van der Waals surface area contributed by atoms with Crippen molar-refractivity contribution in [1.29, 1.82) is 0 Å². The van der Waals surface area contributed by atoms with Crippen LogP contribution < -0.4 is 14.8 Å². The van der Waals surface area contributed by atoms with Crippen LogP contribution in [-0.4, -0.2) is 25.7 Å². The van der Waals surface area contributed by atoms with Crippen LogP contribution in [0.25, 0.3) is 6.08 Å². The van der Waals surface area contributed by atoms with Crippen LogP contribution in [0.4, 0.5) is 0 Å². The molecule has 0 bridgehead atoms. The fraction of sp³-hybridized carbons (Fsp3) is 0.250. The Balaban J connectivity index is 1.77. The molecule has 0 saturated carbocycles. The number of hydrogen-bond acceptors (Lipinski definition) is 3. The van der Waals surface area contributed by atoms with Gasteiger partial charge in [-0.15, -0.1) is 0 Å². The molecule has 0 atom stereocenters. The Morgan fingerprint density at radius 1 is 1.12 bits per heavy atom. The van der Waals surface area contributed by atoms with Gasteiger partial charge in [0, 0.05) is 11.6 Å². The van der Waals surface area contributed by atoms with Crippen LogP contribution >= 0.6 is 0 Å². The highest BCUT2D eigenvalue weighted by atomic mass is 16.5. The Morgan fingerprint density at radius 2 is 1.96 bits per heavy atom. The molecule has 1 amide bonds. The summed E-state index contributed by atoms with van der Waals surface area (Å²) in [7, 11) is 0. The van der Waals surface area contributed by atoms with E-state index in [9.17, 15) is 4.79 Å². The number of hydrogen-bond donors (Lipinski definition) is 1. The van der Waals surface area contributed by atoms with Crippen molar-refractivity contribution in [1.82, 2.24) is 5.32 Å². The summed E-state index contributed by atoms with van der Waals surface area (Å²) >= 11 is 0. The molecule has 0 aliphatic heterocycles. The monoisotopic (exact) mass is 325 g/mol. The van der Waals surface area contributed by atoms with Gasteiger partial charge < -0.3 is 14.8 Å². The van der Waals surface area contributed by atoms with Crippen molar-refractivity contribution in [3.8, 4) is 11.5 Å². The second kappa shape index (κ2) is 9.40. The van der Waals surface area contributed by atoms with Crippen LogP contribution in [0.5, 0.6) is 11.5 Å². The summed E-state index contributed by atoms with van der Waals surface area (Å²) in [5.74, 6) is 1.42. The third-order valence-electron chi connectivity index (χ3n) is 3.29. The van der Waals surface area contributed by atoms with Gasteiger partial charge in [0.15, 0.2) is 0 Å². The van der Waals surface area contributed by atoms with Crippen molar-refractivity contribution < 1.29 is 14.3 Å². The number of benzene rings is 2. The predicted molar refractivity (Wildman–Crippen MR) is 96.3 cm³/mol. The molecule has 0 heterocycles. The number of aryl methyl sites for hydroxylation is 1. The average Bonchev–Trinajstić information content (AvgIpc) is 2.58. The van der Waals surface area contributed by atoms with Gasteiger partial charge in [0.25, 0.3) is 0 Å². The lowest BCUT2D eigenvalue weighted by Crippen LogP contribution is -2.26. The van der Waals surface area contributed by atoms with Gasteiger partial charge in [-0.05, 0) is 43.7 Å². The number of nitrogens with one attached hydrogen (secondary N) is 1. The van der Waals surface area contributed by atoms with Crippen molar-refractivity contribution in [2.45, 2.75) is 13.8 Å². The quantitative estimate of drug-likeness (QED) is 0.596. The molecule has 0 aliphatic carbocycles. The largest absolute Gasteiger partial charge is 0.493 e. The smallest absolute Gasteiger partial charge is 0.244 e. The predicted octanol–water partition coefficient (Wildman–Crippen LogP) is 3.60. The van der Waals surface area contributed by atoms with Crippen molar-refractivity contribution in [2.75, 3.05) is 19.8 Å². The van der Waals surface area contributed by atoms with Crippen molar-refractivity contribution in [3.05, 3.63) is 65.7 Å². The van der Waals surface area contributed by atoms with Crippen LogP contribution in [0.15, 0.2) is 54.6 Å². The number of carbonyl (C=O) groups excluding carboxylic acids is 1. The zero-order valence-electron chi connectivity index (χ0n) is 14.1. The summed E-state index contributed by atoms with van der Waals surface area (Å²) in [5, 5.41) is 2.80. The first kappa shape index (κ1) is 17.6. The van der Waals surface area contributed by atoms with Gasteiger partial charge in [-0.1, -0.05) is 30.3 Å². The summed E-state index contributed by atoms with van der Waals surface area (Å²) in [4.78, 5) is 11.9. The number of rotatable bonds is 8. The Bertz CT molecular complexity index is 695.